The first kappa shape index (κ1) is 14.3. The topological polar surface area (TPSA) is 63.0 Å². The van der Waals surface area contributed by atoms with Crippen molar-refractivity contribution in [3.63, 3.8) is 0 Å². The van der Waals surface area contributed by atoms with Gasteiger partial charge >= 0.3 is 5.97 Å². The van der Waals surface area contributed by atoms with E-state index < -0.39 is 24.5 Å². The number of carbonyl (C=O) groups is 1. The molecule has 0 amide bonds. The van der Waals surface area contributed by atoms with Crippen LogP contribution in [0.4, 0.5) is 8.78 Å². The molecule has 0 aliphatic heterocycles. The van der Waals surface area contributed by atoms with Crippen LogP contribution in [-0.4, -0.2) is 17.6 Å². The van der Waals surface area contributed by atoms with Gasteiger partial charge in [0, 0.05) is 10.6 Å². The second kappa shape index (κ2) is 6.26. The van der Waals surface area contributed by atoms with Crippen molar-refractivity contribution in [3.8, 4) is 6.07 Å². The highest BCUT2D eigenvalue weighted by Crippen LogP contribution is 2.28. The standard InChI is InChI=1S/C11H9ClF2N2O2/c1-2-18-9(17)4-7-8(12)3-6(5-15)16-10(7)11(13)14/h3,11H,2,4H2,1H3. The summed E-state index contributed by atoms with van der Waals surface area (Å²) in [6.45, 7) is 1.74. The maximum Gasteiger partial charge on any atom is 0.310 e. The average Bonchev–Trinajstić information content (AvgIpc) is 2.31. The predicted octanol–water partition coefficient (Wildman–Crippen LogP) is 2.65. The molecule has 0 aliphatic rings. The summed E-state index contributed by atoms with van der Waals surface area (Å²) in [5, 5.41) is 8.52. The highest BCUT2D eigenvalue weighted by Gasteiger charge is 2.21. The molecule has 0 atom stereocenters. The normalized spacial score (nSPS) is 10.2. The molecule has 0 fully saturated rings. The Balaban J connectivity index is 3.17. The van der Waals surface area contributed by atoms with E-state index >= 15 is 0 Å². The summed E-state index contributed by atoms with van der Waals surface area (Å²) in [5.74, 6) is -0.673. The maximum atomic E-state index is 12.8. The SMILES string of the molecule is CCOC(=O)Cc1c(Cl)cc(C#N)nc1C(F)F. The molecule has 0 bridgehead atoms. The summed E-state index contributed by atoms with van der Waals surface area (Å²) in [6.07, 6.45) is -3.31. The van der Waals surface area contributed by atoms with Gasteiger partial charge in [-0.3, -0.25) is 4.79 Å². The third kappa shape index (κ3) is 3.37. The highest BCUT2D eigenvalue weighted by molar-refractivity contribution is 6.31. The fraction of sp³-hybridized carbons (Fsp3) is 0.364. The lowest BCUT2D eigenvalue weighted by Gasteiger charge is -2.10. The molecule has 4 nitrogen and oxygen atoms in total. The molecule has 0 radical (unpaired) electrons. The largest absolute Gasteiger partial charge is 0.466 e. The van der Waals surface area contributed by atoms with Crippen LogP contribution in [0.15, 0.2) is 6.07 Å². The van der Waals surface area contributed by atoms with Crippen LogP contribution in [0.25, 0.3) is 0 Å². The maximum absolute atomic E-state index is 12.8. The molecule has 0 spiro atoms. The third-order valence-corrected chi connectivity index (χ3v) is 2.39. The summed E-state index contributed by atoms with van der Waals surface area (Å²) < 4.78 is 30.2. The molecule has 7 heteroatoms. The Labute approximate surface area is 107 Å². The van der Waals surface area contributed by atoms with Crippen LogP contribution in [0.5, 0.6) is 0 Å². The molecule has 0 N–H and O–H groups in total. The molecule has 1 rings (SSSR count). The van der Waals surface area contributed by atoms with Crippen LogP contribution in [-0.2, 0) is 16.0 Å². The average molecular weight is 275 g/mol. The molecule has 0 saturated carbocycles. The number of nitrogens with zero attached hydrogens (tertiary/aromatic N) is 2. The Hall–Kier alpha value is -1.74. The lowest BCUT2D eigenvalue weighted by molar-refractivity contribution is -0.142. The lowest BCUT2D eigenvalue weighted by atomic mass is 10.1. The summed E-state index contributed by atoms with van der Waals surface area (Å²) in [5.41, 5.74) is -0.987. The fourth-order valence-corrected chi connectivity index (χ4v) is 1.60. The van der Waals surface area contributed by atoms with Gasteiger partial charge in [-0.25, -0.2) is 13.8 Å². The monoisotopic (exact) mass is 274 g/mol. The van der Waals surface area contributed by atoms with Gasteiger partial charge in [0.05, 0.1) is 13.0 Å². The Morgan fingerprint density at radius 3 is 2.83 bits per heavy atom. The zero-order valence-corrected chi connectivity index (χ0v) is 10.2. The number of pyridine rings is 1. The molecule has 0 aliphatic carbocycles. The van der Waals surface area contributed by atoms with Crippen molar-refractivity contribution in [3.05, 3.63) is 28.0 Å². The Kier molecular flexibility index (Phi) is 4.98. The zero-order valence-electron chi connectivity index (χ0n) is 9.41. The van der Waals surface area contributed by atoms with E-state index in [1.165, 1.54) is 0 Å². The van der Waals surface area contributed by atoms with E-state index in [4.69, 9.17) is 16.9 Å². The van der Waals surface area contributed by atoms with Crippen molar-refractivity contribution in [2.45, 2.75) is 19.8 Å². The molecule has 18 heavy (non-hydrogen) atoms. The van der Waals surface area contributed by atoms with Gasteiger partial charge in [-0.05, 0) is 13.0 Å². The van der Waals surface area contributed by atoms with Crippen LogP contribution in [0.2, 0.25) is 5.02 Å². The van der Waals surface area contributed by atoms with Gasteiger partial charge in [0.25, 0.3) is 6.43 Å². The minimum atomic E-state index is -2.92. The van der Waals surface area contributed by atoms with E-state index in [0.717, 1.165) is 6.07 Å². The molecule has 1 aromatic rings. The number of aromatic nitrogens is 1. The van der Waals surface area contributed by atoms with Gasteiger partial charge < -0.3 is 4.74 Å². The van der Waals surface area contributed by atoms with E-state index in [1.54, 1.807) is 13.0 Å². The smallest absolute Gasteiger partial charge is 0.310 e. The first-order chi connectivity index (χ1) is 8.49. The van der Waals surface area contributed by atoms with Crippen LogP contribution in [0.1, 0.15) is 30.3 Å². The number of carbonyl (C=O) groups excluding carboxylic acids is 1. The number of halogens is 3. The summed E-state index contributed by atoms with van der Waals surface area (Å²) in [7, 11) is 0. The molecule has 96 valence electrons. The summed E-state index contributed by atoms with van der Waals surface area (Å²) in [6, 6.07) is 2.76. The lowest BCUT2D eigenvalue weighted by Crippen LogP contribution is -2.11. The van der Waals surface area contributed by atoms with Crippen molar-refractivity contribution in [2.75, 3.05) is 6.61 Å². The van der Waals surface area contributed by atoms with Crippen LogP contribution >= 0.6 is 11.6 Å². The summed E-state index contributed by atoms with van der Waals surface area (Å²) >= 11 is 5.77. The summed E-state index contributed by atoms with van der Waals surface area (Å²) in [4.78, 5) is 14.7. The second-order valence-corrected chi connectivity index (χ2v) is 3.65. The number of hydrogen-bond acceptors (Lipinski definition) is 4. The molecule has 1 heterocycles. The molecular weight excluding hydrogens is 266 g/mol. The molecule has 1 aromatic heterocycles. The number of nitriles is 1. The van der Waals surface area contributed by atoms with Gasteiger partial charge in [0.15, 0.2) is 0 Å². The van der Waals surface area contributed by atoms with E-state index in [-0.39, 0.29) is 22.9 Å². The van der Waals surface area contributed by atoms with E-state index in [2.05, 4.69) is 9.72 Å². The first-order valence-corrected chi connectivity index (χ1v) is 5.40. The molecular formula is C11H9ClF2N2O2. The Morgan fingerprint density at radius 2 is 2.33 bits per heavy atom. The first-order valence-electron chi connectivity index (χ1n) is 5.02. The van der Waals surface area contributed by atoms with Crippen molar-refractivity contribution in [1.82, 2.24) is 4.98 Å². The van der Waals surface area contributed by atoms with Gasteiger partial charge in [-0.15, -0.1) is 0 Å². The van der Waals surface area contributed by atoms with Crippen molar-refractivity contribution in [2.24, 2.45) is 0 Å². The minimum Gasteiger partial charge on any atom is -0.466 e. The van der Waals surface area contributed by atoms with Crippen LogP contribution in [0, 0.1) is 11.3 Å². The molecule has 0 aromatic carbocycles. The van der Waals surface area contributed by atoms with E-state index in [0.29, 0.717) is 0 Å². The van der Waals surface area contributed by atoms with E-state index in [9.17, 15) is 13.6 Å². The number of hydrogen-bond donors (Lipinski definition) is 0. The Bertz CT molecular complexity index is 501. The van der Waals surface area contributed by atoms with Gasteiger partial charge in [-0.1, -0.05) is 11.6 Å². The highest BCUT2D eigenvalue weighted by atomic mass is 35.5. The molecule has 0 unspecified atom stereocenters. The van der Waals surface area contributed by atoms with Gasteiger partial charge in [-0.2, -0.15) is 5.26 Å². The van der Waals surface area contributed by atoms with Crippen molar-refractivity contribution in [1.29, 1.82) is 5.26 Å². The number of alkyl halides is 2. The van der Waals surface area contributed by atoms with Crippen molar-refractivity contribution >= 4 is 17.6 Å². The zero-order chi connectivity index (χ0) is 13.7. The van der Waals surface area contributed by atoms with Gasteiger partial charge in [0.2, 0.25) is 0 Å². The fourth-order valence-electron chi connectivity index (χ4n) is 1.33. The second-order valence-electron chi connectivity index (χ2n) is 3.25. The quantitative estimate of drug-likeness (QED) is 0.792. The molecule has 0 saturated heterocycles. The third-order valence-electron chi connectivity index (χ3n) is 2.05. The van der Waals surface area contributed by atoms with Gasteiger partial charge in [0.1, 0.15) is 17.5 Å². The number of esters is 1. The van der Waals surface area contributed by atoms with E-state index in [1.807, 2.05) is 0 Å². The minimum absolute atomic E-state index is 0.0927. The number of ether oxygens (including phenoxy) is 1. The Morgan fingerprint density at radius 1 is 1.67 bits per heavy atom. The predicted molar refractivity (Wildman–Crippen MR) is 59.3 cm³/mol. The van der Waals surface area contributed by atoms with Crippen molar-refractivity contribution < 1.29 is 18.3 Å². The number of rotatable bonds is 4. The van der Waals surface area contributed by atoms with Crippen LogP contribution < -0.4 is 0 Å². The van der Waals surface area contributed by atoms with Crippen LogP contribution in [0.3, 0.4) is 0 Å².